The second kappa shape index (κ2) is 9.62. The lowest BCUT2D eigenvalue weighted by Gasteiger charge is -2.45. The van der Waals surface area contributed by atoms with Gasteiger partial charge in [-0.15, -0.1) is 0 Å². The summed E-state index contributed by atoms with van der Waals surface area (Å²) in [6.07, 6.45) is -14.9. The van der Waals surface area contributed by atoms with Crippen LogP contribution in [0.1, 0.15) is 0 Å². The van der Waals surface area contributed by atoms with Crippen LogP contribution in [0.2, 0.25) is 0 Å². The summed E-state index contributed by atoms with van der Waals surface area (Å²) in [6, 6.07) is 8.39. The molecule has 10 unspecified atom stereocenters. The number of aliphatic hydroxyl groups is 7. The van der Waals surface area contributed by atoms with E-state index >= 15 is 0 Å². The van der Waals surface area contributed by atoms with Gasteiger partial charge >= 0.3 is 0 Å². The predicted molar refractivity (Wildman–Crippen MR) is 93.5 cm³/mol. The van der Waals surface area contributed by atoms with Crippen molar-refractivity contribution in [1.29, 1.82) is 0 Å². The molecular weight excluding hydrogens is 392 g/mol. The molecule has 1 aromatic rings. The molecule has 0 bridgehead atoms. The third kappa shape index (κ3) is 4.70. The molecule has 2 saturated heterocycles. The molecular formula is C18H26O11. The van der Waals surface area contributed by atoms with Crippen molar-refractivity contribution in [3.63, 3.8) is 0 Å². The zero-order valence-corrected chi connectivity index (χ0v) is 15.3. The van der Waals surface area contributed by atoms with Crippen molar-refractivity contribution < 1.29 is 54.7 Å². The number of ether oxygens (including phenoxy) is 4. The Bertz CT molecular complexity index is 629. The average Bonchev–Trinajstić information content (AvgIpc) is 2.73. The lowest BCUT2D eigenvalue weighted by molar-refractivity contribution is -0.352. The third-order valence-electron chi connectivity index (χ3n) is 4.96. The molecule has 2 heterocycles. The Morgan fingerprint density at radius 3 is 1.90 bits per heavy atom. The molecule has 7 N–H and O–H groups in total. The van der Waals surface area contributed by atoms with E-state index < -0.39 is 74.6 Å². The van der Waals surface area contributed by atoms with Gasteiger partial charge in [0.25, 0.3) is 0 Å². The van der Waals surface area contributed by atoms with Gasteiger partial charge in [0.1, 0.15) is 54.6 Å². The zero-order valence-electron chi connectivity index (χ0n) is 15.3. The van der Waals surface area contributed by atoms with Crippen molar-refractivity contribution in [2.75, 3.05) is 13.2 Å². The first kappa shape index (κ1) is 22.3. The van der Waals surface area contributed by atoms with E-state index in [4.69, 9.17) is 18.9 Å². The molecule has 2 aliphatic rings. The highest BCUT2D eigenvalue weighted by Gasteiger charge is 2.51. The minimum Gasteiger partial charge on any atom is -0.462 e. The van der Waals surface area contributed by atoms with Crippen LogP contribution in [0.3, 0.4) is 0 Å². The molecule has 11 nitrogen and oxygen atoms in total. The molecule has 0 radical (unpaired) electrons. The number of hydrogen-bond donors (Lipinski definition) is 7. The fourth-order valence-electron chi connectivity index (χ4n) is 3.28. The number of hydrogen-bond acceptors (Lipinski definition) is 11. The van der Waals surface area contributed by atoms with Crippen molar-refractivity contribution in [3.8, 4) is 5.75 Å². The second-order valence-corrected chi connectivity index (χ2v) is 6.94. The smallest absolute Gasteiger partial charge is 0.229 e. The van der Waals surface area contributed by atoms with Gasteiger partial charge in [-0.2, -0.15) is 0 Å². The topological polar surface area (TPSA) is 179 Å². The van der Waals surface area contributed by atoms with Gasteiger partial charge < -0.3 is 54.7 Å². The molecule has 2 aliphatic heterocycles. The highest BCUT2D eigenvalue weighted by atomic mass is 16.7. The second-order valence-electron chi connectivity index (χ2n) is 6.94. The lowest BCUT2D eigenvalue weighted by Crippen LogP contribution is -2.65. The maximum atomic E-state index is 10.6. The third-order valence-corrected chi connectivity index (χ3v) is 4.96. The van der Waals surface area contributed by atoms with Gasteiger partial charge in [-0.25, -0.2) is 0 Å². The van der Waals surface area contributed by atoms with Crippen LogP contribution >= 0.6 is 0 Å². The normalized spacial score (nSPS) is 43.1. The van der Waals surface area contributed by atoms with Crippen molar-refractivity contribution in [2.24, 2.45) is 0 Å². The lowest BCUT2D eigenvalue weighted by atomic mass is 9.97. The first-order chi connectivity index (χ1) is 13.9. The van der Waals surface area contributed by atoms with Crippen LogP contribution < -0.4 is 4.74 Å². The Morgan fingerprint density at radius 2 is 1.28 bits per heavy atom. The van der Waals surface area contributed by atoms with E-state index in [9.17, 15) is 35.7 Å². The maximum Gasteiger partial charge on any atom is 0.229 e. The first-order valence-electron chi connectivity index (χ1n) is 9.17. The van der Waals surface area contributed by atoms with E-state index in [1.54, 1.807) is 30.3 Å². The molecule has 10 atom stereocenters. The molecule has 29 heavy (non-hydrogen) atoms. The Balaban J connectivity index is 1.76. The van der Waals surface area contributed by atoms with E-state index in [-0.39, 0.29) is 0 Å². The number of rotatable bonds is 6. The van der Waals surface area contributed by atoms with Gasteiger partial charge in [0.15, 0.2) is 6.29 Å². The quantitative estimate of drug-likeness (QED) is 0.246. The van der Waals surface area contributed by atoms with Crippen LogP contribution in [0.25, 0.3) is 0 Å². The van der Waals surface area contributed by atoms with Crippen molar-refractivity contribution in [2.45, 2.75) is 61.4 Å². The number of benzene rings is 1. The van der Waals surface area contributed by atoms with E-state index in [2.05, 4.69) is 0 Å². The minimum atomic E-state index is -1.73. The summed E-state index contributed by atoms with van der Waals surface area (Å²) in [5.74, 6) is 0.358. The molecule has 1 aromatic carbocycles. The highest BCUT2D eigenvalue weighted by molar-refractivity contribution is 5.21. The SMILES string of the molecule is OCC1OC(OC2C(O)C(CO)OC(Oc3ccccc3)C2O)C(O)C(O)C1O. The summed E-state index contributed by atoms with van der Waals surface area (Å²) in [5.41, 5.74) is 0. The van der Waals surface area contributed by atoms with Crippen molar-refractivity contribution in [1.82, 2.24) is 0 Å². The van der Waals surface area contributed by atoms with Crippen LogP contribution in [0.15, 0.2) is 30.3 Å². The molecule has 3 rings (SSSR count). The van der Waals surface area contributed by atoms with Crippen LogP contribution in [-0.4, -0.2) is 110 Å². The van der Waals surface area contributed by atoms with E-state index in [0.717, 1.165) is 0 Å². The summed E-state index contributed by atoms with van der Waals surface area (Å²) in [5, 5.41) is 69.7. The first-order valence-corrected chi connectivity index (χ1v) is 9.17. The monoisotopic (exact) mass is 418 g/mol. The summed E-state index contributed by atoms with van der Waals surface area (Å²) < 4.78 is 21.7. The molecule has 0 saturated carbocycles. The Hall–Kier alpha value is -1.38. The molecule has 0 amide bonds. The molecule has 11 heteroatoms. The molecule has 0 aliphatic carbocycles. The molecule has 0 aromatic heterocycles. The van der Waals surface area contributed by atoms with Gasteiger partial charge in [-0.1, -0.05) is 18.2 Å². The van der Waals surface area contributed by atoms with E-state index in [0.29, 0.717) is 5.75 Å². The van der Waals surface area contributed by atoms with Gasteiger partial charge in [0.05, 0.1) is 13.2 Å². The number of para-hydroxylation sites is 1. The van der Waals surface area contributed by atoms with Gasteiger partial charge in [-0.05, 0) is 12.1 Å². The van der Waals surface area contributed by atoms with Gasteiger partial charge in [-0.3, -0.25) is 0 Å². The zero-order chi connectivity index (χ0) is 21.1. The Kier molecular flexibility index (Phi) is 7.40. The maximum absolute atomic E-state index is 10.6. The Morgan fingerprint density at radius 1 is 0.690 bits per heavy atom. The van der Waals surface area contributed by atoms with E-state index in [1.807, 2.05) is 0 Å². The fourth-order valence-corrected chi connectivity index (χ4v) is 3.28. The molecule has 164 valence electrons. The minimum absolute atomic E-state index is 0.358. The van der Waals surface area contributed by atoms with Crippen LogP contribution in [-0.2, 0) is 14.2 Å². The average molecular weight is 418 g/mol. The van der Waals surface area contributed by atoms with E-state index in [1.165, 1.54) is 0 Å². The van der Waals surface area contributed by atoms with Crippen LogP contribution in [0.5, 0.6) is 5.75 Å². The standard InChI is InChI=1S/C18H26O11/c19-6-9-11(21)13(23)14(24)17(27-9)29-16-12(22)10(7-20)28-18(15(16)25)26-8-4-2-1-3-5-8/h1-5,9-25H,6-7H2. The molecule has 0 spiro atoms. The predicted octanol–water partition coefficient (Wildman–Crippen LogP) is -3.31. The van der Waals surface area contributed by atoms with Gasteiger partial charge in [0.2, 0.25) is 6.29 Å². The summed E-state index contributed by atoms with van der Waals surface area (Å²) >= 11 is 0. The van der Waals surface area contributed by atoms with Gasteiger partial charge in [0, 0.05) is 0 Å². The van der Waals surface area contributed by atoms with Crippen molar-refractivity contribution >= 4 is 0 Å². The summed E-state index contributed by atoms with van der Waals surface area (Å²) in [4.78, 5) is 0. The van der Waals surface area contributed by atoms with Crippen molar-refractivity contribution in [3.05, 3.63) is 30.3 Å². The fraction of sp³-hybridized carbons (Fsp3) is 0.667. The highest BCUT2D eigenvalue weighted by Crippen LogP contribution is 2.30. The van der Waals surface area contributed by atoms with Crippen LogP contribution in [0.4, 0.5) is 0 Å². The molecule has 2 fully saturated rings. The Labute approximate surface area is 166 Å². The summed E-state index contributed by atoms with van der Waals surface area (Å²) in [7, 11) is 0. The number of aliphatic hydroxyl groups excluding tert-OH is 7. The summed E-state index contributed by atoms with van der Waals surface area (Å²) in [6.45, 7) is -1.28. The van der Waals surface area contributed by atoms with Crippen LogP contribution in [0, 0.1) is 0 Å². The largest absolute Gasteiger partial charge is 0.462 e.